The van der Waals surface area contributed by atoms with Gasteiger partial charge in [0.25, 0.3) is 0 Å². The van der Waals surface area contributed by atoms with Crippen LogP contribution in [0.2, 0.25) is 13.1 Å². The molecule has 0 bridgehead atoms. The molecule has 2 aliphatic carbocycles. The molecule has 4 aromatic rings. The van der Waals surface area contributed by atoms with Gasteiger partial charge in [-0.05, 0) is 0 Å². The van der Waals surface area contributed by atoms with E-state index in [2.05, 4.69) is 0 Å². The van der Waals surface area contributed by atoms with Gasteiger partial charge in [0, 0.05) is 0 Å². The van der Waals surface area contributed by atoms with Crippen LogP contribution in [0.25, 0.3) is 34.4 Å². The number of benzene rings is 4. The third-order valence-corrected chi connectivity index (χ3v) is 64.4. The fourth-order valence-corrected chi connectivity index (χ4v) is 41.0. The average Bonchev–Trinajstić information content (AvgIpc) is 3.73. The number of aryl methyl sites for hydroxylation is 2. The van der Waals surface area contributed by atoms with Gasteiger partial charge in [-0.1, -0.05) is 0 Å². The van der Waals surface area contributed by atoms with Crippen LogP contribution in [-0.4, -0.2) is 5.92 Å². The van der Waals surface area contributed by atoms with Crippen LogP contribution in [0.5, 0.6) is 0 Å². The maximum atomic E-state index is 14.2. The summed E-state index contributed by atoms with van der Waals surface area (Å²) in [6, 6.07) is 9.96. The molecule has 2 unspecified atom stereocenters. The molecule has 0 radical (unpaired) electrons. The third-order valence-electron chi connectivity index (χ3n) is 12.6. The number of hydrogen-bond donors (Lipinski definition) is 0. The predicted molar refractivity (Wildman–Crippen MR) is 224 cm³/mol. The second-order valence-electron chi connectivity index (χ2n) is 17.0. The third kappa shape index (κ3) is 8.81. The Balaban J connectivity index is 1.67. The fraction of sp³-hybridized carbons (Fsp3) is 0.391. The number of fused-ring (bicyclic) bond motifs is 2. The Morgan fingerprint density at radius 3 is 1.08 bits per heavy atom. The minimum absolute atomic E-state index is 0.0899. The Hall–Kier alpha value is -2.80. The van der Waals surface area contributed by atoms with Crippen LogP contribution in [0, 0.1) is 13.8 Å². The van der Waals surface area contributed by atoms with Crippen molar-refractivity contribution in [2.45, 2.75) is 111 Å². The SMILES string of the molecule is CCCCC1=Cc2c(ccc(C)c2-c2cc(C(F)(F)F)cc(C(F)(F)F)c2)[CH]1[Zr]([Cl])([Cl])([CH]1C(CCCC)=Cc2c1ccc(C)c2-c1cc(C(F)(F)F)cc(C(F)(F)F)c1)[SiH](C)C. The zero-order valence-corrected chi connectivity index (χ0v) is 39.8. The molecule has 2 aliphatic rings. The van der Waals surface area contributed by atoms with E-state index in [1.807, 2.05) is 39.1 Å². The molecule has 0 heterocycles. The Bertz CT molecular complexity index is 2230. The van der Waals surface area contributed by atoms with Crippen molar-refractivity contribution in [1.29, 1.82) is 0 Å². The minimum atomic E-state index is -5.79. The monoisotopic (exact) mass is 1010 g/mol. The van der Waals surface area contributed by atoms with E-state index in [0.717, 1.165) is 48.3 Å². The molecule has 0 spiro atoms. The predicted octanol–water partition coefficient (Wildman–Crippen LogP) is 17.7. The molecule has 0 nitrogen and oxygen atoms in total. The molecule has 0 saturated carbocycles. The van der Waals surface area contributed by atoms with Crippen molar-refractivity contribution < 1.29 is 68.2 Å². The van der Waals surface area contributed by atoms with Gasteiger partial charge in [0.05, 0.1) is 0 Å². The van der Waals surface area contributed by atoms with Gasteiger partial charge in [0.2, 0.25) is 0 Å². The van der Waals surface area contributed by atoms with Crippen molar-refractivity contribution in [3.63, 3.8) is 0 Å². The Morgan fingerprint density at radius 2 is 0.823 bits per heavy atom. The van der Waals surface area contributed by atoms with Crippen LogP contribution in [0.1, 0.15) is 115 Å². The maximum absolute atomic E-state index is 14.2. The molecule has 0 saturated heterocycles. The second-order valence-corrected chi connectivity index (χ2v) is 59.5. The number of unbranched alkanes of at least 4 members (excludes halogenated alkanes) is 2. The van der Waals surface area contributed by atoms with Crippen LogP contribution < -0.4 is 0 Å². The second kappa shape index (κ2) is 16.9. The van der Waals surface area contributed by atoms with Crippen LogP contribution in [0.15, 0.2) is 71.8 Å². The van der Waals surface area contributed by atoms with Gasteiger partial charge >= 0.3 is 364 Å². The molecule has 0 N–H and O–H groups in total. The van der Waals surface area contributed by atoms with Crippen molar-refractivity contribution in [2.24, 2.45) is 0 Å². The van der Waals surface area contributed by atoms with Gasteiger partial charge in [-0.2, -0.15) is 0 Å². The molecule has 0 aliphatic heterocycles. The van der Waals surface area contributed by atoms with Crippen LogP contribution in [0.4, 0.5) is 52.7 Å². The van der Waals surface area contributed by atoms with E-state index in [4.69, 9.17) is 17.0 Å². The first-order valence-corrected chi connectivity index (χ1v) is 36.7. The summed E-state index contributed by atoms with van der Waals surface area (Å²) in [5.41, 5.74) is -1.53. The van der Waals surface area contributed by atoms with E-state index >= 15 is 0 Å². The van der Waals surface area contributed by atoms with Gasteiger partial charge in [0.15, 0.2) is 0 Å². The zero-order chi connectivity index (χ0) is 46.1. The van der Waals surface area contributed by atoms with Crippen molar-refractivity contribution in [2.75, 3.05) is 0 Å². The Labute approximate surface area is 362 Å². The van der Waals surface area contributed by atoms with Crippen molar-refractivity contribution >= 4 is 35.1 Å². The first kappa shape index (κ1) is 48.7. The van der Waals surface area contributed by atoms with Gasteiger partial charge in [0.1, 0.15) is 0 Å². The number of hydrogen-bond acceptors (Lipinski definition) is 0. The summed E-state index contributed by atoms with van der Waals surface area (Å²) in [5, 5.41) is 0. The fourth-order valence-electron chi connectivity index (χ4n) is 9.54. The Kier molecular flexibility index (Phi) is 13.2. The molecule has 2 atom stereocenters. The number of rotatable bonds is 11. The molecular formula is C46H45Cl2F12SiZr. The van der Waals surface area contributed by atoms with Crippen LogP contribution in [-0.2, 0) is 40.3 Å². The zero-order valence-electron chi connectivity index (χ0n) is 34.7. The number of halogens is 14. The molecule has 0 amide bonds. The summed E-state index contributed by atoms with van der Waals surface area (Å²) in [4.78, 5) is 0. The molecule has 4 aromatic carbocycles. The normalized spacial score (nSPS) is 17.8. The summed E-state index contributed by atoms with van der Waals surface area (Å²) >= 11 is -5.79. The first-order chi connectivity index (χ1) is 28.5. The van der Waals surface area contributed by atoms with E-state index in [1.54, 1.807) is 38.1 Å². The molecule has 0 fully saturated rings. The van der Waals surface area contributed by atoms with Gasteiger partial charge in [-0.3, -0.25) is 0 Å². The topological polar surface area (TPSA) is 0 Å². The summed E-state index contributed by atoms with van der Waals surface area (Å²) in [7, 11) is 17.0. The van der Waals surface area contributed by atoms with Crippen LogP contribution >= 0.6 is 17.0 Å². The standard InChI is InChI=1S/2C22H19F6.C2H7Si.2ClH.Zr/c2*1-3-4-5-14-8-15-7-6-13(2)20(19(15)9-14)16-10-17(21(23,24)25)12-18(11-16)22(26,27)28;1-3-2;;;/h2*6-12H,3-5H2,1-2H3;3H,1-2H3;2*1H;/q;;;;;+2/p-2. The van der Waals surface area contributed by atoms with E-state index in [-0.39, 0.29) is 34.4 Å². The number of alkyl halides is 12. The summed E-state index contributed by atoms with van der Waals surface area (Å²) < 4.78 is 169. The molecule has 335 valence electrons. The first-order valence-electron chi connectivity index (χ1n) is 20.4. The average molecular weight is 1020 g/mol. The van der Waals surface area contributed by atoms with E-state index in [1.165, 1.54) is 0 Å². The van der Waals surface area contributed by atoms with Gasteiger partial charge in [-0.15, -0.1) is 0 Å². The molecule has 0 aromatic heterocycles. The van der Waals surface area contributed by atoms with Crippen molar-refractivity contribution in [3.05, 3.63) is 127 Å². The summed E-state index contributed by atoms with van der Waals surface area (Å²) in [5.74, 6) is -2.35. The molecular weight excluding hydrogens is 971 g/mol. The summed E-state index contributed by atoms with van der Waals surface area (Å²) in [6.45, 7) is 11.2. The van der Waals surface area contributed by atoms with Crippen molar-refractivity contribution in [1.82, 2.24) is 0 Å². The van der Waals surface area contributed by atoms with E-state index < -0.39 is 75.7 Å². The number of allylic oxidation sites excluding steroid dienone is 2. The molecule has 6 rings (SSSR count). The van der Waals surface area contributed by atoms with Gasteiger partial charge < -0.3 is 0 Å². The molecule has 62 heavy (non-hydrogen) atoms. The quantitative estimate of drug-likeness (QED) is 0.104. The van der Waals surface area contributed by atoms with Crippen molar-refractivity contribution in [3.8, 4) is 22.3 Å². The Morgan fingerprint density at radius 1 is 0.516 bits per heavy atom. The van der Waals surface area contributed by atoms with Gasteiger partial charge in [-0.25, -0.2) is 0 Å². The van der Waals surface area contributed by atoms with E-state index in [0.29, 0.717) is 59.1 Å². The molecule has 16 heteroatoms. The summed E-state index contributed by atoms with van der Waals surface area (Å²) in [6.07, 6.45) is -13.0. The van der Waals surface area contributed by atoms with Crippen LogP contribution in [0.3, 0.4) is 0 Å². The van der Waals surface area contributed by atoms with E-state index in [9.17, 15) is 52.7 Å².